The Kier molecular flexibility index (Phi) is 7.82. The van der Waals surface area contributed by atoms with E-state index in [4.69, 9.17) is 11.6 Å². The maximum atomic E-state index is 14.5. The number of aromatic nitrogens is 1. The van der Waals surface area contributed by atoms with Crippen LogP contribution in [0, 0.1) is 5.82 Å². The van der Waals surface area contributed by atoms with Gasteiger partial charge in [-0.15, -0.1) is 0 Å². The molecule has 2 aromatic carbocycles. The SMILES string of the molecule is CC(C)NC(=O)NC[C@](Cc1ccccc1)(c1cc(F)cc(C(F)(F)F)c1)c1ccc(Cl)cn1. The van der Waals surface area contributed by atoms with Crippen LogP contribution in [0.1, 0.15) is 36.2 Å². The standard InChI is InChI=1S/C25H24ClF4N3O/c1-16(2)33-23(34)32-15-24(13-17-6-4-3-5-7-17,22-9-8-20(26)14-31-22)18-10-19(25(28,29)30)12-21(27)11-18/h3-12,14,16H,13,15H2,1-2H3,(H2,32,33,34)/t24-/m1/s1. The Bertz CT molecular complexity index is 1120. The normalized spacial score (nSPS) is 13.4. The number of pyridine rings is 1. The fourth-order valence-electron chi connectivity index (χ4n) is 3.77. The fraction of sp³-hybridized carbons (Fsp3) is 0.280. The van der Waals surface area contributed by atoms with E-state index < -0.39 is 29.0 Å². The van der Waals surface area contributed by atoms with Crippen LogP contribution < -0.4 is 10.6 Å². The molecule has 0 bridgehead atoms. The highest BCUT2D eigenvalue weighted by Gasteiger charge is 2.40. The number of alkyl halides is 3. The number of halogens is 5. The molecule has 34 heavy (non-hydrogen) atoms. The zero-order valence-corrected chi connectivity index (χ0v) is 19.3. The first-order valence-corrected chi connectivity index (χ1v) is 11.0. The molecule has 4 nitrogen and oxygen atoms in total. The molecule has 1 heterocycles. The van der Waals surface area contributed by atoms with Crippen molar-refractivity contribution in [2.75, 3.05) is 6.54 Å². The minimum Gasteiger partial charge on any atom is -0.337 e. The minimum atomic E-state index is -4.76. The minimum absolute atomic E-state index is 0.0309. The predicted octanol–water partition coefficient (Wildman–Crippen LogP) is 6.13. The summed E-state index contributed by atoms with van der Waals surface area (Å²) in [7, 11) is 0. The Labute approximate surface area is 200 Å². The summed E-state index contributed by atoms with van der Waals surface area (Å²) in [6.45, 7) is 3.41. The van der Waals surface area contributed by atoms with Gasteiger partial charge >= 0.3 is 12.2 Å². The second-order valence-corrected chi connectivity index (χ2v) is 8.75. The summed E-state index contributed by atoms with van der Waals surface area (Å²) in [5, 5.41) is 5.76. The van der Waals surface area contributed by atoms with E-state index in [0.29, 0.717) is 16.8 Å². The summed E-state index contributed by atoms with van der Waals surface area (Å²) in [6, 6.07) is 13.9. The number of carbonyl (C=O) groups is 1. The van der Waals surface area contributed by atoms with E-state index in [1.807, 2.05) is 18.2 Å². The molecular weight excluding hydrogens is 470 g/mol. The average molecular weight is 494 g/mol. The zero-order valence-electron chi connectivity index (χ0n) is 18.6. The smallest absolute Gasteiger partial charge is 0.337 e. The monoisotopic (exact) mass is 493 g/mol. The number of nitrogens with zero attached hydrogens (tertiary/aromatic N) is 1. The third-order valence-electron chi connectivity index (χ3n) is 5.31. The first kappa shape index (κ1) is 25.5. The number of carbonyl (C=O) groups excluding carboxylic acids is 1. The van der Waals surface area contributed by atoms with Crippen LogP contribution >= 0.6 is 11.6 Å². The molecule has 0 saturated heterocycles. The van der Waals surface area contributed by atoms with Gasteiger partial charge in [0.15, 0.2) is 0 Å². The molecule has 0 radical (unpaired) electrons. The number of hydrogen-bond donors (Lipinski definition) is 2. The number of hydrogen-bond acceptors (Lipinski definition) is 2. The number of urea groups is 1. The van der Waals surface area contributed by atoms with Crippen LogP contribution in [-0.2, 0) is 18.0 Å². The highest BCUT2D eigenvalue weighted by Crippen LogP contribution is 2.39. The van der Waals surface area contributed by atoms with Crippen LogP contribution in [0.4, 0.5) is 22.4 Å². The molecular formula is C25H24ClF4N3O. The van der Waals surface area contributed by atoms with Crippen LogP contribution in [0.2, 0.25) is 5.02 Å². The van der Waals surface area contributed by atoms with Crippen molar-refractivity contribution < 1.29 is 22.4 Å². The molecule has 0 spiro atoms. The lowest BCUT2D eigenvalue weighted by molar-refractivity contribution is -0.137. The number of amides is 2. The molecule has 180 valence electrons. The molecule has 2 amide bonds. The van der Waals surface area contributed by atoms with Gasteiger partial charge in [0.2, 0.25) is 0 Å². The molecule has 3 rings (SSSR count). The van der Waals surface area contributed by atoms with Crippen LogP contribution in [0.15, 0.2) is 66.9 Å². The molecule has 1 aromatic heterocycles. The molecule has 0 aliphatic carbocycles. The fourth-order valence-corrected chi connectivity index (χ4v) is 3.88. The number of benzene rings is 2. The first-order valence-electron chi connectivity index (χ1n) is 10.6. The lowest BCUT2D eigenvalue weighted by atomic mass is 9.72. The zero-order chi connectivity index (χ0) is 24.9. The van der Waals surface area contributed by atoms with Crippen molar-refractivity contribution >= 4 is 17.6 Å². The molecule has 2 N–H and O–H groups in total. The van der Waals surface area contributed by atoms with Crippen LogP contribution in [0.3, 0.4) is 0 Å². The van der Waals surface area contributed by atoms with Crippen LogP contribution in [0.25, 0.3) is 0 Å². The van der Waals surface area contributed by atoms with Crippen molar-refractivity contribution in [1.29, 1.82) is 0 Å². The van der Waals surface area contributed by atoms with E-state index in [1.165, 1.54) is 6.20 Å². The third-order valence-corrected chi connectivity index (χ3v) is 5.54. The second-order valence-electron chi connectivity index (χ2n) is 8.31. The largest absolute Gasteiger partial charge is 0.416 e. The molecule has 0 fully saturated rings. The Balaban J connectivity index is 2.23. The van der Waals surface area contributed by atoms with Gasteiger partial charge in [0.05, 0.1) is 21.7 Å². The summed E-state index contributed by atoms with van der Waals surface area (Å²) >= 11 is 6.01. The van der Waals surface area contributed by atoms with Crippen molar-refractivity contribution in [1.82, 2.24) is 15.6 Å². The van der Waals surface area contributed by atoms with Crippen molar-refractivity contribution in [2.45, 2.75) is 37.9 Å². The van der Waals surface area contributed by atoms with Gasteiger partial charge in [-0.2, -0.15) is 13.2 Å². The lowest BCUT2D eigenvalue weighted by Crippen LogP contribution is -2.48. The predicted molar refractivity (Wildman–Crippen MR) is 123 cm³/mol. The summed E-state index contributed by atoms with van der Waals surface area (Å²) in [4.78, 5) is 16.8. The molecule has 0 unspecified atom stereocenters. The van der Waals surface area contributed by atoms with Gasteiger partial charge in [0, 0.05) is 18.8 Å². The van der Waals surface area contributed by atoms with Gasteiger partial charge in [-0.1, -0.05) is 41.9 Å². The van der Waals surface area contributed by atoms with Gasteiger partial charge in [-0.25, -0.2) is 9.18 Å². The summed E-state index contributed by atoms with van der Waals surface area (Å²) in [5.41, 5.74) is -1.32. The molecule has 0 saturated carbocycles. The van der Waals surface area contributed by atoms with Crippen molar-refractivity contribution in [2.24, 2.45) is 0 Å². The first-order chi connectivity index (χ1) is 16.0. The third kappa shape index (κ3) is 6.26. The Morgan fingerprint density at radius 2 is 1.71 bits per heavy atom. The summed E-state index contributed by atoms with van der Waals surface area (Å²) < 4.78 is 55.3. The number of nitrogens with one attached hydrogen (secondary N) is 2. The van der Waals surface area contributed by atoms with E-state index in [9.17, 15) is 22.4 Å². The quantitative estimate of drug-likeness (QED) is 0.389. The average Bonchev–Trinajstić information content (AvgIpc) is 2.76. The summed E-state index contributed by atoms with van der Waals surface area (Å²) in [6.07, 6.45) is -3.24. The number of rotatable bonds is 7. The van der Waals surface area contributed by atoms with E-state index >= 15 is 0 Å². The second kappa shape index (κ2) is 10.4. The van der Waals surface area contributed by atoms with Crippen molar-refractivity contribution in [3.8, 4) is 0 Å². The molecule has 0 aliphatic rings. The van der Waals surface area contributed by atoms with Gasteiger partial charge in [0.1, 0.15) is 5.82 Å². The maximum absolute atomic E-state index is 14.5. The van der Waals surface area contributed by atoms with E-state index in [-0.39, 0.29) is 24.6 Å². The van der Waals surface area contributed by atoms with E-state index in [0.717, 1.165) is 17.7 Å². The maximum Gasteiger partial charge on any atom is 0.416 e. The summed E-state index contributed by atoms with van der Waals surface area (Å²) in [5.74, 6) is -1.04. The molecule has 9 heteroatoms. The van der Waals surface area contributed by atoms with Crippen LogP contribution in [0.5, 0.6) is 0 Å². The Morgan fingerprint density at radius 3 is 2.29 bits per heavy atom. The van der Waals surface area contributed by atoms with Gasteiger partial charge in [-0.3, -0.25) is 4.98 Å². The van der Waals surface area contributed by atoms with Crippen molar-refractivity contribution in [3.63, 3.8) is 0 Å². The topological polar surface area (TPSA) is 54.0 Å². The molecule has 3 aromatic rings. The van der Waals surface area contributed by atoms with Gasteiger partial charge in [0.25, 0.3) is 0 Å². The Morgan fingerprint density at radius 1 is 1.03 bits per heavy atom. The van der Waals surface area contributed by atoms with E-state index in [1.54, 1.807) is 38.1 Å². The highest BCUT2D eigenvalue weighted by atomic mass is 35.5. The van der Waals surface area contributed by atoms with Gasteiger partial charge < -0.3 is 10.6 Å². The molecule has 0 aliphatic heterocycles. The van der Waals surface area contributed by atoms with Crippen LogP contribution in [-0.4, -0.2) is 23.6 Å². The van der Waals surface area contributed by atoms with Gasteiger partial charge in [-0.05, 0) is 61.7 Å². The lowest BCUT2D eigenvalue weighted by Gasteiger charge is -2.35. The van der Waals surface area contributed by atoms with Crippen molar-refractivity contribution in [3.05, 3.63) is 100 Å². The highest BCUT2D eigenvalue weighted by molar-refractivity contribution is 6.30. The molecule has 1 atom stereocenters. The Hall–Kier alpha value is -3.13. The van der Waals surface area contributed by atoms with E-state index in [2.05, 4.69) is 15.6 Å².